The Morgan fingerprint density at radius 3 is 2.48 bits per heavy atom. The molecule has 1 N–H and O–H groups in total. The first-order valence-corrected chi connectivity index (χ1v) is 8.72. The summed E-state index contributed by atoms with van der Waals surface area (Å²) in [5.74, 6) is 0.641. The van der Waals surface area contributed by atoms with Gasteiger partial charge in [0.2, 0.25) is 0 Å². The molecule has 0 aromatic heterocycles. The number of anilines is 1. The Labute approximate surface area is 149 Å². The maximum atomic E-state index is 10.2. The van der Waals surface area contributed by atoms with Crippen molar-refractivity contribution in [3.63, 3.8) is 0 Å². The molecule has 0 saturated carbocycles. The summed E-state index contributed by atoms with van der Waals surface area (Å²) in [7, 11) is 0. The van der Waals surface area contributed by atoms with Gasteiger partial charge in [0, 0.05) is 24.3 Å². The van der Waals surface area contributed by atoms with E-state index in [1.807, 2.05) is 24.1 Å². The van der Waals surface area contributed by atoms with Crippen molar-refractivity contribution in [2.24, 2.45) is 5.10 Å². The zero-order valence-electron chi connectivity index (χ0n) is 14.9. The van der Waals surface area contributed by atoms with Crippen LogP contribution in [0.15, 0.2) is 47.6 Å². The quantitative estimate of drug-likeness (QED) is 0.850. The van der Waals surface area contributed by atoms with Crippen LogP contribution in [-0.2, 0) is 0 Å². The number of aryl methyl sites for hydroxylation is 1. The Bertz CT molecular complexity index is 720. The lowest BCUT2D eigenvalue weighted by Crippen LogP contribution is -2.44. The molecule has 132 valence electrons. The molecule has 1 fully saturated rings. The van der Waals surface area contributed by atoms with Gasteiger partial charge in [-0.15, -0.1) is 0 Å². The van der Waals surface area contributed by atoms with E-state index in [4.69, 9.17) is 4.74 Å². The second-order valence-electron chi connectivity index (χ2n) is 6.15. The van der Waals surface area contributed by atoms with Crippen molar-refractivity contribution in [1.29, 1.82) is 0 Å². The third-order valence-corrected chi connectivity index (χ3v) is 4.35. The topological polar surface area (TPSA) is 48.3 Å². The van der Waals surface area contributed by atoms with Crippen LogP contribution in [0.4, 0.5) is 5.69 Å². The third kappa shape index (κ3) is 4.24. The number of para-hydroxylation sites is 1. The Kier molecular flexibility index (Phi) is 5.43. The molecular formula is C20H25N3O2. The van der Waals surface area contributed by atoms with Gasteiger partial charge >= 0.3 is 0 Å². The van der Waals surface area contributed by atoms with Gasteiger partial charge in [0.25, 0.3) is 0 Å². The third-order valence-electron chi connectivity index (χ3n) is 4.35. The molecule has 0 aliphatic carbocycles. The van der Waals surface area contributed by atoms with Crippen molar-refractivity contribution in [3.05, 3.63) is 53.6 Å². The molecule has 5 nitrogen and oxygen atoms in total. The van der Waals surface area contributed by atoms with Gasteiger partial charge in [0.15, 0.2) is 11.5 Å². The van der Waals surface area contributed by atoms with Crippen LogP contribution in [0, 0.1) is 6.92 Å². The van der Waals surface area contributed by atoms with Crippen molar-refractivity contribution in [2.45, 2.75) is 13.8 Å². The van der Waals surface area contributed by atoms with Crippen molar-refractivity contribution in [3.8, 4) is 11.5 Å². The van der Waals surface area contributed by atoms with Crippen LogP contribution in [0.3, 0.4) is 0 Å². The maximum absolute atomic E-state index is 10.2. The Morgan fingerprint density at radius 1 is 1.08 bits per heavy atom. The van der Waals surface area contributed by atoms with E-state index in [1.165, 1.54) is 11.3 Å². The molecule has 1 aliphatic heterocycles. The van der Waals surface area contributed by atoms with Crippen molar-refractivity contribution < 1.29 is 9.84 Å². The second kappa shape index (κ2) is 7.92. The van der Waals surface area contributed by atoms with Gasteiger partial charge in [0.05, 0.1) is 25.9 Å². The molecule has 1 saturated heterocycles. The molecule has 0 spiro atoms. The highest BCUT2D eigenvalue weighted by Crippen LogP contribution is 2.28. The standard InChI is InChI=1S/C20H25N3O2/c1-3-25-19-6-4-5-17(20(19)24)15-21-23-13-11-22(12-14-23)18-9-7-16(2)8-10-18/h4-10,15,24H,3,11-14H2,1-2H3/b21-15+. The smallest absolute Gasteiger partial charge is 0.166 e. The molecule has 0 amide bonds. The molecular weight excluding hydrogens is 314 g/mol. The number of rotatable bonds is 5. The van der Waals surface area contributed by atoms with E-state index < -0.39 is 0 Å². The number of hydrogen-bond acceptors (Lipinski definition) is 5. The van der Waals surface area contributed by atoms with Crippen molar-refractivity contribution in [2.75, 3.05) is 37.7 Å². The van der Waals surface area contributed by atoms with Gasteiger partial charge in [-0.1, -0.05) is 23.8 Å². The van der Waals surface area contributed by atoms with E-state index in [-0.39, 0.29) is 5.75 Å². The minimum absolute atomic E-state index is 0.145. The SMILES string of the molecule is CCOc1cccc(/C=N/N2CCN(c3ccc(C)cc3)CC2)c1O. The molecule has 0 radical (unpaired) electrons. The Hall–Kier alpha value is -2.69. The van der Waals surface area contributed by atoms with Crippen molar-refractivity contribution in [1.82, 2.24) is 5.01 Å². The van der Waals surface area contributed by atoms with Gasteiger partial charge in [-0.05, 0) is 38.1 Å². The highest BCUT2D eigenvalue weighted by molar-refractivity contribution is 5.84. The summed E-state index contributed by atoms with van der Waals surface area (Å²) in [5.41, 5.74) is 3.21. The molecule has 1 heterocycles. The number of piperazine rings is 1. The number of nitrogens with zero attached hydrogens (tertiary/aromatic N) is 3. The van der Waals surface area contributed by atoms with Crippen LogP contribution in [-0.4, -0.2) is 49.1 Å². The normalized spacial score (nSPS) is 15.0. The summed E-state index contributed by atoms with van der Waals surface area (Å²) >= 11 is 0. The molecule has 2 aromatic carbocycles. The Balaban J connectivity index is 1.59. The van der Waals surface area contributed by atoms with Gasteiger partial charge in [0.1, 0.15) is 0 Å². The summed E-state index contributed by atoms with van der Waals surface area (Å²) in [6, 6.07) is 14.1. The molecule has 0 atom stereocenters. The highest BCUT2D eigenvalue weighted by atomic mass is 16.5. The van der Waals surface area contributed by atoms with Gasteiger partial charge in [-0.2, -0.15) is 5.10 Å². The van der Waals surface area contributed by atoms with E-state index >= 15 is 0 Å². The van der Waals surface area contributed by atoms with Crippen LogP contribution >= 0.6 is 0 Å². The number of ether oxygens (including phenoxy) is 1. The number of hydrogen-bond donors (Lipinski definition) is 1. The average Bonchev–Trinajstić information content (AvgIpc) is 2.64. The minimum Gasteiger partial charge on any atom is -0.504 e. The lowest BCUT2D eigenvalue weighted by Gasteiger charge is -2.34. The molecule has 5 heteroatoms. The van der Waals surface area contributed by atoms with E-state index in [1.54, 1.807) is 12.3 Å². The molecule has 0 unspecified atom stereocenters. The van der Waals surface area contributed by atoms with E-state index in [9.17, 15) is 5.11 Å². The number of aromatic hydroxyl groups is 1. The van der Waals surface area contributed by atoms with Gasteiger partial charge in [-0.25, -0.2) is 0 Å². The lowest BCUT2D eigenvalue weighted by molar-refractivity contribution is 0.272. The number of benzene rings is 2. The van der Waals surface area contributed by atoms with E-state index in [2.05, 4.69) is 41.2 Å². The first-order chi connectivity index (χ1) is 12.2. The summed E-state index contributed by atoms with van der Waals surface area (Å²) < 4.78 is 5.41. The maximum Gasteiger partial charge on any atom is 0.166 e. The van der Waals surface area contributed by atoms with E-state index in [0.717, 1.165) is 26.2 Å². The zero-order valence-corrected chi connectivity index (χ0v) is 14.9. The molecule has 1 aliphatic rings. The first kappa shape index (κ1) is 17.1. The summed E-state index contributed by atoms with van der Waals surface area (Å²) in [6.45, 7) is 8.11. The lowest BCUT2D eigenvalue weighted by atomic mass is 10.2. The second-order valence-corrected chi connectivity index (χ2v) is 6.15. The molecule has 2 aromatic rings. The summed E-state index contributed by atoms with van der Waals surface area (Å²) in [6.07, 6.45) is 1.71. The monoisotopic (exact) mass is 339 g/mol. The zero-order chi connectivity index (χ0) is 17.6. The van der Waals surface area contributed by atoms with Crippen molar-refractivity contribution >= 4 is 11.9 Å². The highest BCUT2D eigenvalue weighted by Gasteiger charge is 2.15. The van der Waals surface area contributed by atoms with Crippen LogP contribution in [0.5, 0.6) is 11.5 Å². The fourth-order valence-electron chi connectivity index (χ4n) is 2.88. The van der Waals surface area contributed by atoms with Crippen LogP contribution in [0.2, 0.25) is 0 Å². The fourth-order valence-corrected chi connectivity index (χ4v) is 2.88. The average molecular weight is 339 g/mol. The van der Waals surface area contributed by atoms with Gasteiger partial charge < -0.3 is 14.7 Å². The molecule has 3 rings (SSSR count). The first-order valence-electron chi connectivity index (χ1n) is 8.72. The number of phenolic OH excluding ortho intramolecular Hbond substituents is 1. The molecule has 25 heavy (non-hydrogen) atoms. The van der Waals surface area contributed by atoms with Gasteiger partial charge in [-0.3, -0.25) is 5.01 Å². The summed E-state index contributed by atoms with van der Waals surface area (Å²) in [4.78, 5) is 2.37. The number of hydrazone groups is 1. The summed E-state index contributed by atoms with van der Waals surface area (Å²) in [5, 5.41) is 16.8. The Morgan fingerprint density at radius 2 is 1.80 bits per heavy atom. The minimum atomic E-state index is 0.145. The van der Waals surface area contributed by atoms with Crippen LogP contribution < -0.4 is 9.64 Å². The molecule has 0 bridgehead atoms. The predicted octanol–water partition coefficient (Wildman–Crippen LogP) is 3.26. The van der Waals surface area contributed by atoms with E-state index in [0.29, 0.717) is 17.9 Å². The predicted molar refractivity (Wildman–Crippen MR) is 102 cm³/mol. The fraction of sp³-hybridized carbons (Fsp3) is 0.350. The van der Waals surface area contributed by atoms with Crippen LogP contribution in [0.1, 0.15) is 18.1 Å². The largest absolute Gasteiger partial charge is 0.504 e. The number of phenols is 1. The van der Waals surface area contributed by atoms with Crippen LogP contribution in [0.25, 0.3) is 0 Å².